The fourth-order valence-corrected chi connectivity index (χ4v) is 2.16. The summed E-state index contributed by atoms with van der Waals surface area (Å²) in [5, 5.41) is 0. The molecular formula is C24H24S2Ti-4. The Hall–Kier alpha value is -1.45. The molecule has 3 heteroatoms. The van der Waals surface area contributed by atoms with Crippen LogP contribution in [0.2, 0.25) is 0 Å². The van der Waals surface area contributed by atoms with E-state index >= 15 is 0 Å². The van der Waals surface area contributed by atoms with Gasteiger partial charge in [-0.25, -0.2) is 12.1 Å². The quantitative estimate of drug-likeness (QED) is 0.254. The normalized spacial score (nSPS) is 8.37. The van der Waals surface area contributed by atoms with Crippen molar-refractivity contribution in [3.8, 4) is 0 Å². The van der Waals surface area contributed by atoms with E-state index in [1.54, 1.807) is 6.07 Å². The molecule has 0 saturated carbocycles. The Kier molecular flexibility index (Phi) is 18.3. The first kappa shape index (κ1) is 25.6. The minimum absolute atomic E-state index is 0. The molecule has 4 aromatic rings. The summed E-state index contributed by atoms with van der Waals surface area (Å²) in [6.45, 7) is 0. The van der Waals surface area contributed by atoms with Crippen molar-refractivity contribution in [2.45, 2.75) is 11.5 Å². The zero-order valence-corrected chi connectivity index (χ0v) is 18.7. The average Bonchev–Trinajstić information content (AvgIpc) is 3.48. The van der Waals surface area contributed by atoms with E-state index in [0.29, 0.717) is 0 Å². The third-order valence-electron chi connectivity index (χ3n) is 3.00. The van der Waals surface area contributed by atoms with Gasteiger partial charge in [-0.15, -0.1) is 0 Å². The van der Waals surface area contributed by atoms with Gasteiger partial charge in [0.25, 0.3) is 0 Å². The van der Waals surface area contributed by atoms with Crippen molar-refractivity contribution in [3.63, 3.8) is 0 Å². The molecule has 0 fully saturated rings. The van der Waals surface area contributed by atoms with Gasteiger partial charge < -0.3 is 30.3 Å². The summed E-state index contributed by atoms with van der Waals surface area (Å²) in [7, 11) is 0. The Labute approximate surface area is 190 Å². The van der Waals surface area contributed by atoms with Gasteiger partial charge in [0.15, 0.2) is 0 Å². The largest absolute Gasteiger partial charge is 0.999 e. The third kappa shape index (κ3) is 15.3. The third-order valence-corrected chi connectivity index (χ3v) is 3.82. The van der Waals surface area contributed by atoms with E-state index in [-0.39, 0.29) is 21.7 Å². The maximum absolute atomic E-state index is 3.40. The van der Waals surface area contributed by atoms with Crippen LogP contribution in [0.1, 0.15) is 11.1 Å². The number of hydrogen-bond acceptors (Lipinski definition) is 0. The molecule has 0 radical (unpaired) electrons. The Morgan fingerprint density at radius 3 is 1.22 bits per heavy atom. The van der Waals surface area contributed by atoms with Gasteiger partial charge >= 0.3 is 0 Å². The van der Waals surface area contributed by atoms with Crippen LogP contribution < -0.4 is 0 Å². The zero-order chi connectivity index (χ0) is 18.7. The monoisotopic (exact) mass is 424 g/mol. The van der Waals surface area contributed by atoms with Crippen molar-refractivity contribution in [2.24, 2.45) is 0 Å². The smallest absolute Gasteiger partial charge is 0.128 e. The van der Waals surface area contributed by atoms with Gasteiger partial charge in [0.05, 0.1) is 0 Å². The molecule has 4 rings (SSSR count). The summed E-state index contributed by atoms with van der Waals surface area (Å²) in [6.07, 6.45) is 0. The summed E-state index contributed by atoms with van der Waals surface area (Å²) in [4.78, 5) is 0. The van der Waals surface area contributed by atoms with Crippen molar-refractivity contribution in [1.29, 1.82) is 0 Å². The van der Waals surface area contributed by atoms with Crippen molar-refractivity contribution < 1.29 is 21.7 Å². The molecule has 4 aromatic carbocycles. The predicted molar refractivity (Wildman–Crippen MR) is 120 cm³/mol. The summed E-state index contributed by atoms with van der Waals surface area (Å²) in [5.41, 5.74) is 2.65. The molecule has 0 amide bonds. The topological polar surface area (TPSA) is 0 Å². The summed E-state index contributed by atoms with van der Waals surface area (Å²) in [6, 6.07) is 42.5. The molecule has 0 bridgehead atoms. The van der Waals surface area contributed by atoms with Crippen molar-refractivity contribution in [2.75, 3.05) is 0 Å². The van der Waals surface area contributed by atoms with Gasteiger partial charge in [0, 0.05) is 32.8 Å². The fourth-order valence-electron chi connectivity index (χ4n) is 1.69. The number of benzene rings is 2. The summed E-state index contributed by atoms with van der Waals surface area (Å²) in [5.74, 6) is 1.89. The Balaban J connectivity index is 0.000000337. The second kappa shape index (κ2) is 19.3. The van der Waals surface area contributed by atoms with Gasteiger partial charge in [0.2, 0.25) is 0 Å². The Morgan fingerprint density at radius 1 is 0.630 bits per heavy atom. The number of hydrogen-bond donors (Lipinski definition) is 0. The SMILES string of the molecule is [SH2+]Cc1ccccc1.[SH2+]Cc1ccccc1.[Ti].[c-]1[c-][c-][cH-][c-]1.c1cc[cH-]c1. The molecule has 27 heavy (non-hydrogen) atoms. The van der Waals surface area contributed by atoms with Crippen LogP contribution in [0.25, 0.3) is 0 Å². The first-order valence-corrected chi connectivity index (χ1v) is 9.64. The van der Waals surface area contributed by atoms with Gasteiger partial charge in [-0.1, -0.05) is 60.7 Å². The van der Waals surface area contributed by atoms with Crippen LogP contribution >= 0.6 is 0 Å². The maximum atomic E-state index is 3.40. The van der Waals surface area contributed by atoms with Crippen molar-refractivity contribution in [1.82, 2.24) is 0 Å². The molecule has 0 N–H and O–H groups in total. The molecule has 0 aliphatic carbocycles. The van der Waals surface area contributed by atoms with Crippen molar-refractivity contribution in [3.05, 3.63) is 132 Å². The molecule has 0 aromatic heterocycles. The molecular weight excluding hydrogens is 400 g/mol. The van der Waals surface area contributed by atoms with Crippen LogP contribution in [0.4, 0.5) is 0 Å². The Morgan fingerprint density at radius 2 is 1.04 bits per heavy atom. The van der Waals surface area contributed by atoms with Crippen LogP contribution in [-0.4, -0.2) is 0 Å². The van der Waals surface area contributed by atoms with E-state index in [9.17, 15) is 0 Å². The standard InChI is InChI=1S/2C7H8S.C5H5.C5H.Ti/c2*8-6-7-4-2-1-3-5-7;2*1-2-4-5-3-1;/h2*1-5,8H,6H2;1-5H;1H;/q;;-1;-5;/p+2. The van der Waals surface area contributed by atoms with Crippen molar-refractivity contribution >= 4 is 25.3 Å². The zero-order valence-electron chi connectivity index (χ0n) is 15.2. The molecule has 0 saturated heterocycles. The van der Waals surface area contributed by atoms with Gasteiger partial charge in [-0.05, 0) is 25.3 Å². The molecule has 0 nitrogen and oxygen atoms in total. The van der Waals surface area contributed by atoms with E-state index in [2.05, 4.69) is 73.8 Å². The van der Waals surface area contributed by atoms with Crippen LogP contribution in [0, 0.1) is 24.3 Å². The molecule has 0 aliphatic heterocycles. The van der Waals surface area contributed by atoms with E-state index < -0.39 is 0 Å². The predicted octanol–water partition coefficient (Wildman–Crippen LogP) is 4.41. The van der Waals surface area contributed by atoms with Gasteiger partial charge in [-0.3, -0.25) is 0 Å². The molecule has 0 aliphatic rings. The van der Waals surface area contributed by atoms with Crippen LogP contribution in [0.5, 0.6) is 0 Å². The molecule has 0 atom stereocenters. The fraction of sp³-hybridized carbons (Fsp3) is 0.0833. The minimum atomic E-state index is 0. The van der Waals surface area contributed by atoms with Gasteiger partial charge in [-0.2, -0.15) is 18.2 Å². The van der Waals surface area contributed by atoms with Gasteiger partial charge in [0.1, 0.15) is 11.5 Å². The van der Waals surface area contributed by atoms with E-state index in [1.165, 1.54) is 11.1 Å². The second-order valence-corrected chi connectivity index (χ2v) is 5.68. The summed E-state index contributed by atoms with van der Waals surface area (Å²) >= 11 is 6.80. The van der Waals surface area contributed by atoms with E-state index in [0.717, 1.165) is 11.5 Å². The van der Waals surface area contributed by atoms with Crippen LogP contribution in [0.3, 0.4) is 0 Å². The first-order chi connectivity index (χ1) is 12.9. The van der Waals surface area contributed by atoms with E-state index in [4.69, 9.17) is 0 Å². The minimum Gasteiger partial charge on any atom is -0.999 e. The molecule has 0 unspecified atom stereocenters. The average molecular weight is 424 g/mol. The van der Waals surface area contributed by atoms with E-state index in [1.807, 2.05) is 66.7 Å². The van der Waals surface area contributed by atoms with Crippen LogP contribution in [0.15, 0.2) is 97.1 Å². The Bertz CT molecular complexity index is 606. The van der Waals surface area contributed by atoms with Crippen LogP contribution in [-0.2, 0) is 58.5 Å². The number of rotatable bonds is 2. The summed E-state index contributed by atoms with van der Waals surface area (Å²) < 4.78 is 0. The molecule has 140 valence electrons. The molecule has 0 heterocycles. The maximum Gasteiger partial charge on any atom is 0.128 e. The first-order valence-electron chi connectivity index (χ1n) is 8.23. The second-order valence-electron chi connectivity index (χ2n) is 4.97. The molecule has 0 spiro atoms.